The Morgan fingerprint density at radius 3 is 2.77 bits per heavy atom. The third-order valence-electron chi connectivity index (χ3n) is 4.30. The number of thiazole rings is 1. The minimum absolute atomic E-state index is 0.207. The molecule has 3 rings (SSSR count). The van der Waals surface area contributed by atoms with Gasteiger partial charge < -0.3 is 15.4 Å². The first kappa shape index (κ1) is 22.2. The van der Waals surface area contributed by atoms with Gasteiger partial charge in [0.05, 0.1) is 22.0 Å². The zero-order valence-corrected chi connectivity index (χ0v) is 18.4. The summed E-state index contributed by atoms with van der Waals surface area (Å²) in [6.07, 6.45) is 3.98. The maximum absolute atomic E-state index is 12.4. The Bertz CT molecular complexity index is 1080. The number of carbonyl (C=O) groups is 2. The molecule has 2 amide bonds. The standard InChI is InChI=1S/C24H25N3O3S/c1-3-13-25-24(29)21-9-4-5-10-22(21)27-23(28)12-11-18-7-6-8-20(14-18)30-15-19-16-31-17(2)26-19/h4-12,14,16H,3,13,15H2,1-2H3,(H,25,29)(H,27,28)/b12-11+. The lowest BCUT2D eigenvalue weighted by molar-refractivity contribution is -0.111. The van der Waals surface area contributed by atoms with Crippen molar-refractivity contribution >= 4 is 34.9 Å². The number of nitrogens with zero attached hydrogens (tertiary/aromatic N) is 1. The molecule has 0 saturated carbocycles. The molecule has 0 spiro atoms. The quantitative estimate of drug-likeness (QED) is 0.472. The average molecular weight is 436 g/mol. The molecule has 2 N–H and O–H groups in total. The fourth-order valence-electron chi connectivity index (χ4n) is 2.81. The summed E-state index contributed by atoms with van der Waals surface area (Å²) in [4.78, 5) is 29.1. The van der Waals surface area contributed by atoms with Crippen LogP contribution >= 0.6 is 11.3 Å². The van der Waals surface area contributed by atoms with Crippen LogP contribution in [0.3, 0.4) is 0 Å². The number of benzene rings is 2. The van der Waals surface area contributed by atoms with Gasteiger partial charge in [-0.05, 0) is 49.2 Å². The maximum Gasteiger partial charge on any atom is 0.253 e. The van der Waals surface area contributed by atoms with Crippen molar-refractivity contribution in [2.75, 3.05) is 11.9 Å². The van der Waals surface area contributed by atoms with Gasteiger partial charge in [0, 0.05) is 18.0 Å². The summed E-state index contributed by atoms with van der Waals surface area (Å²) in [5.74, 6) is 0.174. The number of anilines is 1. The van der Waals surface area contributed by atoms with Gasteiger partial charge in [0.15, 0.2) is 0 Å². The first-order valence-corrected chi connectivity index (χ1v) is 10.9. The van der Waals surface area contributed by atoms with E-state index in [1.807, 2.05) is 43.5 Å². The average Bonchev–Trinajstić information content (AvgIpc) is 3.20. The van der Waals surface area contributed by atoms with Crippen LogP contribution in [-0.4, -0.2) is 23.3 Å². The van der Waals surface area contributed by atoms with Crippen molar-refractivity contribution in [3.63, 3.8) is 0 Å². The SMILES string of the molecule is CCCNC(=O)c1ccccc1NC(=O)/C=C/c1cccc(OCc2csc(C)n2)c1. The molecule has 1 aromatic heterocycles. The van der Waals surface area contributed by atoms with Crippen LogP contribution in [0.4, 0.5) is 5.69 Å². The van der Waals surface area contributed by atoms with Gasteiger partial charge in [-0.15, -0.1) is 11.3 Å². The summed E-state index contributed by atoms with van der Waals surface area (Å²) < 4.78 is 5.79. The molecule has 31 heavy (non-hydrogen) atoms. The molecule has 0 bridgehead atoms. The zero-order chi connectivity index (χ0) is 22.1. The first-order valence-electron chi connectivity index (χ1n) is 10.1. The molecule has 0 aliphatic carbocycles. The molecule has 0 aliphatic heterocycles. The maximum atomic E-state index is 12.4. The highest BCUT2D eigenvalue weighted by Crippen LogP contribution is 2.18. The van der Waals surface area contributed by atoms with E-state index in [4.69, 9.17) is 4.74 Å². The molecule has 0 unspecified atom stereocenters. The van der Waals surface area contributed by atoms with Crippen LogP contribution in [0.1, 0.15) is 40.0 Å². The zero-order valence-electron chi connectivity index (χ0n) is 17.6. The number of nitrogens with one attached hydrogen (secondary N) is 2. The van der Waals surface area contributed by atoms with Gasteiger partial charge in [-0.2, -0.15) is 0 Å². The number of hydrogen-bond acceptors (Lipinski definition) is 5. The third kappa shape index (κ3) is 6.79. The van der Waals surface area contributed by atoms with Crippen molar-refractivity contribution < 1.29 is 14.3 Å². The second-order valence-electron chi connectivity index (χ2n) is 6.84. The highest BCUT2D eigenvalue weighted by atomic mass is 32.1. The third-order valence-corrected chi connectivity index (χ3v) is 5.13. The van der Waals surface area contributed by atoms with Crippen LogP contribution < -0.4 is 15.4 Å². The van der Waals surface area contributed by atoms with Crippen LogP contribution in [0.5, 0.6) is 5.75 Å². The number of aromatic nitrogens is 1. The lowest BCUT2D eigenvalue weighted by Crippen LogP contribution is -2.25. The van der Waals surface area contributed by atoms with Crippen molar-refractivity contribution in [3.8, 4) is 5.75 Å². The van der Waals surface area contributed by atoms with E-state index in [1.165, 1.54) is 6.08 Å². The Labute approximate surface area is 186 Å². The Morgan fingerprint density at radius 1 is 1.16 bits per heavy atom. The number of rotatable bonds is 9. The van der Waals surface area contributed by atoms with E-state index in [0.29, 0.717) is 30.2 Å². The minimum atomic E-state index is -0.319. The molecule has 1 heterocycles. The van der Waals surface area contributed by atoms with Gasteiger partial charge in [0.25, 0.3) is 5.91 Å². The van der Waals surface area contributed by atoms with Gasteiger partial charge in [-0.1, -0.05) is 31.2 Å². The predicted octanol–water partition coefficient (Wildman–Crippen LogP) is 4.82. The first-order chi connectivity index (χ1) is 15.0. The van der Waals surface area contributed by atoms with Crippen molar-refractivity contribution in [1.82, 2.24) is 10.3 Å². The van der Waals surface area contributed by atoms with E-state index in [0.717, 1.165) is 22.7 Å². The fraction of sp³-hybridized carbons (Fsp3) is 0.208. The van der Waals surface area contributed by atoms with Crippen molar-refractivity contribution in [3.05, 3.63) is 81.8 Å². The van der Waals surface area contributed by atoms with E-state index in [-0.39, 0.29) is 11.8 Å². The fourth-order valence-corrected chi connectivity index (χ4v) is 3.41. The molecular weight excluding hydrogens is 410 g/mol. The number of ether oxygens (including phenoxy) is 1. The summed E-state index contributed by atoms with van der Waals surface area (Å²) in [5, 5.41) is 8.58. The van der Waals surface area contributed by atoms with Crippen LogP contribution in [-0.2, 0) is 11.4 Å². The largest absolute Gasteiger partial charge is 0.487 e. The highest BCUT2D eigenvalue weighted by molar-refractivity contribution is 7.09. The van der Waals surface area contributed by atoms with Gasteiger partial charge in [-0.25, -0.2) is 4.98 Å². The van der Waals surface area contributed by atoms with Gasteiger partial charge in [0.1, 0.15) is 12.4 Å². The summed E-state index contributed by atoms with van der Waals surface area (Å²) >= 11 is 1.59. The molecule has 7 heteroatoms. The van der Waals surface area contributed by atoms with E-state index >= 15 is 0 Å². The van der Waals surface area contributed by atoms with Crippen LogP contribution in [0.25, 0.3) is 6.08 Å². The molecule has 160 valence electrons. The monoisotopic (exact) mass is 435 g/mol. The van der Waals surface area contributed by atoms with E-state index in [9.17, 15) is 9.59 Å². The Balaban J connectivity index is 1.61. The second-order valence-corrected chi connectivity index (χ2v) is 7.91. The summed E-state index contributed by atoms with van der Waals surface area (Å²) in [6.45, 7) is 4.93. The van der Waals surface area contributed by atoms with Gasteiger partial charge in [-0.3, -0.25) is 9.59 Å². The minimum Gasteiger partial charge on any atom is -0.487 e. The molecule has 0 radical (unpaired) electrons. The van der Waals surface area contributed by atoms with Crippen LogP contribution in [0, 0.1) is 6.92 Å². The number of carbonyl (C=O) groups excluding carboxylic acids is 2. The summed E-state index contributed by atoms with van der Waals surface area (Å²) in [5.41, 5.74) is 2.63. The van der Waals surface area contributed by atoms with Gasteiger partial charge in [0.2, 0.25) is 5.91 Å². The van der Waals surface area contributed by atoms with E-state index in [1.54, 1.807) is 41.7 Å². The topological polar surface area (TPSA) is 80.3 Å². The summed E-state index contributed by atoms with van der Waals surface area (Å²) in [7, 11) is 0. The number of aryl methyl sites for hydroxylation is 1. The molecule has 0 saturated heterocycles. The Morgan fingerprint density at radius 2 is 2.00 bits per heavy atom. The summed E-state index contributed by atoms with van der Waals surface area (Å²) in [6, 6.07) is 14.4. The second kappa shape index (κ2) is 11.1. The van der Waals surface area contributed by atoms with Crippen molar-refractivity contribution in [1.29, 1.82) is 0 Å². The molecule has 0 atom stereocenters. The molecular formula is C24H25N3O3S. The van der Waals surface area contributed by atoms with Crippen molar-refractivity contribution in [2.45, 2.75) is 26.9 Å². The predicted molar refractivity (Wildman–Crippen MR) is 124 cm³/mol. The van der Waals surface area contributed by atoms with E-state index in [2.05, 4.69) is 15.6 Å². The molecule has 0 aliphatic rings. The normalized spacial score (nSPS) is 10.8. The molecule has 0 fully saturated rings. The smallest absolute Gasteiger partial charge is 0.253 e. The van der Waals surface area contributed by atoms with E-state index < -0.39 is 0 Å². The highest BCUT2D eigenvalue weighted by Gasteiger charge is 2.11. The lowest BCUT2D eigenvalue weighted by Gasteiger charge is -2.10. The number of para-hydroxylation sites is 1. The van der Waals surface area contributed by atoms with Crippen LogP contribution in [0.2, 0.25) is 0 Å². The molecule has 3 aromatic rings. The number of amides is 2. The molecule has 2 aromatic carbocycles. The Kier molecular flexibility index (Phi) is 7.95. The van der Waals surface area contributed by atoms with Crippen molar-refractivity contribution in [2.24, 2.45) is 0 Å². The molecule has 6 nitrogen and oxygen atoms in total. The lowest BCUT2D eigenvalue weighted by atomic mass is 10.1. The van der Waals surface area contributed by atoms with Crippen LogP contribution in [0.15, 0.2) is 60.0 Å². The number of hydrogen-bond donors (Lipinski definition) is 2. The Hall–Kier alpha value is -3.45. The van der Waals surface area contributed by atoms with Gasteiger partial charge >= 0.3 is 0 Å².